The van der Waals surface area contributed by atoms with Crippen molar-refractivity contribution in [3.8, 4) is 0 Å². The first-order chi connectivity index (χ1) is 11.6. The molecule has 1 aromatic carbocycles. The summed E-state index contributed by atoms with van der Waals surface area (Å²) in [6.45, 7) is 3.30. The lowest BCUT2D eigenvalue weighted by atomic mass is 9.67. The minimum atomic E-state index is -0.839. The predicted molar refractivity (Wildman–Crippen MR) is 94.1 cm³/mol. The number of benzene rings is 1. The van der Waals surface area contributed by atoms with Crippen LogP contribution in [0, 0.1) is 5.92 Å². The van der Waals surface area contributed by atoms with Crippen molar-refractivity contribution in [3.05, 3.63) is 35.9 Å². The third-order valence-electron chi connectivity index (χ3n) is 5.66. The molecular formula is C19H28N3O2+. The van der Waals surface area contributed by atoms with Crippen molar-refractivity contribution in [1.82, 2.24) is 0 Å². The number of carbonyl (C=O) groups is 1. The van der Waals surface area contributed by atoms with Crippen LogP contribution in [0.1, 0.15) is 44.6 Å². The van der Waals surface area contributed by atoms with Gasteiger partial charge in [-0.2, -0.15) is 9.48 Å². The van der Waals surface area contributed by atoms with Crippen molar-refractivity contribution in [2.75, 3.05) is 19.7 Å². The molecule has 0 aromatic heterocycles. The normalized spacial score (nSPS) is 30.2. The van der Waals surface area contributed by atoms with Crippen LogP contribution in [0.5, 0.6) is 0 Å². The van der Waals surface area contributed by atoms with Crippen LogP contribution < -0.4 is 5.73 Å². The predicted octanol–water partition coefficient (Wildman–Crippen LogP) is 2.15. The highest BCUT2D eigenvalue weighted by atomic mass is 16.3. The number of amides is 1. The van der Waals surface area contributed by atoms with Gasteiger partial charge in [-0.15, -0.1) is 0 Å². The third kappa shape index (κ3) is 2.38. The van der Waals surface area contributed by atoms with Crippen molar-refractivity contribution < 1.29 is 14.4 Å². The lowest BCUT2D eigenvalue weighted by Gasteiger charge is -2.40. The Kier molecular flexibility index (Phi) is 4.74. The van der Waals surface area contributed by atoms with Gasteiger partial charge in [0.25, 0.3) is 0 Å². The molecule has 5 heteroatoms. The number of nitrogens with zero attached hydrogens (tertiary/aromatic N) is 2. The van der Waals surface area contributed by atoms with Gasteiger partial charge in [0.2, 0.25) is 5.54 Å². The van der Waals surface area contributed by atoms with Crippen LogP contribution in [0.25, 0.3) is 0 Å². The monoisotopic (exact) mass is 330 g/mol. The van der Waals surface area contributed by atoms with Gasteiger partial charge in [-0.05, 0) is 24.8 Å². The van der Waals surface area contributed by atoms with E-state index in [1.807, 2.05) is 30.3 Å². The molecular weight excluding hydrogens is 302 g/mol. The Balaban J connectivity index is 2.09. The lowest BCUT2D eigenvalue weighted by Crippen LogP contribution is -2.62. The molecule has 2 aliphatic rings. The molecule has 1 amide bonds. The summed E-state index contributed by atoms with van der Waals surface area (Å²) in [5, 5.41) is 9.29. The number of quaternary nitrogens is 1. The quantitative estimate of drug-likeness (QED) is 0.752. The van der Waals surface area contributed by atoms with E-state index in [1.54, 1.807) is 0 Å². The zero-order valence-corrected chi connectivity index (χ0v) is 14.4. The first-order valence-electron chi connectivity index (χ1n) is 9.06. The fraction of sp³-hybridized carbons (Fsp3) is 0.579. The summed E-state index contributed by atoms with van der Waals surface area (Å²) in [6.07, 6.45) is 4.58. The van der Waals surface area contributed by atoms with E-state index in [4.69, 9.17) is 10.7 Å². The molecule has 24 heavy (non-hydrogen) atoms. The number of rotatable bonds is 7. The molecule has 3 N–H and O–H groups in total. The van der Waals surface area contributed by atoms with E-state index >= 15 is 0 Å². The van der Waals surface area contributed by atoms with E-state index < -0.39 is 5.54 Å². The number of hydrogen-bond donors (Lipinski definition) is 2. The van der Waals surface area contributed by atoms with E-state index in [-0.39, 0.29) is 22.9 Å². The summed E-state index contributed by atoms with van der Waals surface area (Å²) in [7, 11) is 0. The van der Waals surface area contributed by atoms with Gasteiger partial charge in [0, 0.05) is 18.9 Å². The van der Waals surface area contributed by atoms with Crippen molar-refractivity contribution in [1.29, 1.82) is 0 Å². The van der Waals surface area contributed by atoms with Crippen LogP contribution in [0.2, 0.25) is 0 Å². The Morgan fingerprint density at radius 3 is 2.54 bits per heavy atom. The van der Waals surface area contributed by atoms with Crippen LogP contribution in [-0.4, -0.2) is 41.2 Å². The summed E-state index contributed by atoms with van der Waals surface area (Å²) < 4.78 is 0.0997. The Bertz CT molecular complexity index is 627. The second kappa shape index (κ2) is 6.65. The maximum atomic E-state index is 13.8. The number of hydrogen-bond acceptors (Lipinski definition) is 4. The van der Waals surface area contributed by atoms with Crippen LogP contribution in [0.3, 0.4) is 0 Å². The minimum Gasteiger partial charge on any atom is -0.396 e. The molecule has 1 aliphatic heterocycles. The number of guanidine groups is 1. The Hall–Kier alpha value is -1.72. The summed E-state index contributed by atoms with van der Waals surface area (Å²) in [5.41, 5.74) is 6.50. The summed E-state index contributed by atoms with van der Waals surface area (Å²) >= 11 is 0. The summed E-state index contributed by atoms with van der Waals surface area (Å²) in [5.74, 6) is 0.759. The molecule has 2 unspecified atom stereocenters. The van der Waals surface area contributed by atoms with Crippen molar-refractivity contribution in [2.45, 2.75) is 44.6 Å². The SMILES string of the molecule is CCC[N+]1(CCCO)C(=O)C(c2ccccc2)(C2CCC2)N=C1N. The van der Waals surface area contributed by atoms with E-state index in [0.29, 0.717) is 25.5 Å². The average Bonchev–Trinajstić information content (AvgIpc) is 2.76. The maximum Gasteiger partial charge on any atom is 0.354 e. The van der Waals surface area contributed by atoms with Gasteiger partial charge in [0.15, 0.2) is 0 Å². The smallest absolute Gasteiger partial charge is 0.354 e. The molecule has 3 rings (SSSR count). The number of aliphatic hydroxyl groups is 1. The summed E-state index contributed by atoms with van der Waals surface area (Å²) in [4.78, 5) is 18.6. The average molecular weight is 330 g/mol. The third-order valence-corrected chi connectivity index (χ3v) is 5.66. The van der Waals surface area contributed by atoms with Crippen molar-refractivity contribution in [3.63, 3.8) is 0 Å². The van der Waals surface area contributed by atoms with Gasteiger partial charge < -0.3 is 10.8 Å². The second-order valence-electron chi connectivity index (χ2n) is 7.03. The molecule has 1 aromatic rings. The number of nitrogens with two attached hydrogens (primary N) is 1. The Labute approximate surface area is 143 Å². The van der Waals surface area contributed by atoms with Crippen LogP contribution >= 0.6 is 0 Å². The zero-order valence-electron chi connectivity index (χ0n) is 14.4. The molecule has 1 aliphatic carbocycles. The van der Waals surface area contributed by atoms with Gasteiger partial charge in [-0.1, -0.05) is 43.7 Å². The fourth-order valence-electron chi connectivity index (χ4n) is 4.23. The van der Waals surface area contributed by atoms with Gasteiger partial charge in [0.1, 0.15) is 0 Å². The van der Waals surface area contributed by atoms with E-state index in [2.05, 4.69) is 6.92 Å². The van der Waals surface area contributed by atoms with E-state index in [1.165, 1.54) is 0 Å². The molecule has 1 fully saturated rings. The highest BCUT2D eigenvalue weighted by Gasteiger charge is 2.64. The summed E-state index contributed by atoms with van der Waals surface area (Å²) in [6, 6.07) is 9.91. The maximum absolute atomic E-state index is 13.8. The van der Waals surface area contributed by atoms with Gasteiger partial charge in [0.05, 0.1) is 13.1 Å². The number of aliphatic hydroxyl groups excluding tert-OH is 1. The van der Waals surface area contributed by atoms with Gasteiger partial charge in [-0.3, -0.25) is 0 Å². The topological polar surface area (TPSA) is 75.7 Å². The molecule has 0 saturated heterocycles. The van der Waals surface area contributed by atoms with Gasteiger partial charge in [-0.25, -0.2) is 4.79 Å². The lowest BCUT2D eigenvalue weighted by molar-refractivity contribution is -0.764. The standard InChI is InChI=1S/C19H28N3O2/c1-2-12-22(13-7-14-23)17(24)19(21-18(22)20,16-10-6-11-16)15-8-4-3-5-9-15/h3-5,8-9,16,23H,2,6-7,10-14H2,1H3,(H2,20,21)/q+1. The Morgan fingerprint density at radius 1 is 1.29 bits per heavy atom. The highest BCUT2D eigenvalue weighted by Crippen LogP contribution is 2.50. The van der Waals surface area contributed by atoms with Crippen molar-refractivity contribution in [2.24, 2.45) is 16.6 Å². The first kappa shape index (κ1) is 17.1. The number of carbonyl (C=O) groups excluding carboxylic acids is 1. The minimum absolute atomic E-state index is 0.0615. The first-order valence-corrected chi connectivity index (χ1v) is 9.06. The molecule has 1 saturated carbocycles. The highest BCUT2D eigenvalue weighted by molar-refractivity contribution is 5.98. The number of aliphatic imine (C=N–C) groups is 1. The zero-order chi connectivity index (χ0) is 17.2. The van der Waals surface area contributed by atoms with Crippen LogP contribution in [-0.2, 0) is 10.3 Å². The Morgan fingerprint density at radius 2 is 2.00 bits per heavy atom. The molecule has 0 radical (unpaired) electrons. The second-order valence-corrected chi connectivity index (χ2v) is 7.03. The molecule has 0 bridgehead atoms. The van der Waals surface area contributed by atoms with Crippen LogP contribution in [0.4, 0.5) is 0 Å². The molecule has 5 nitrogen and oxygen atoms in total. The molecule has 1 heterocycles. The fourth-order valence-corrected chi connectivity index (χ4v) is 4.23. The largest absolute Gasteiger partial charge is 0.396 e. The van der Waals surface area contributed by atoms with Crippen molar-refractivity contribution >= 4 is 11.9 Å². The molecule has 2 atom stereocenters. The van der Waals surface area contributed by atoms with E-state index in [0.717, 1.165) is 31.2 Å². The van der Waals surface area contributed by atoms with Gasteiger partial charge >= 0.3 is 11.9 Å². The van der Waals surface area contributed by atoms with E-state index in [9.17, 15) is 9.90 Å². The molecule has 0 spiro atoms. The molecule has 130 valence electrons. The van der Waals surface area contributed by atoms with Crippen LogP contribution in [0.15, 0.2) is 35.3 Å².